The van der Waals surface area contributed by atoms with Crippen molar-refractivity contribution in [2.75, 3.05) is 25.5 Å². The molecule has 7 heteroatoms. The molecule has 0 saturated carbocycles. The number of ether oxygens (including phenoxy) is 1. The van der Waals surface area contributed by atoms with Gasteiger partial charge < -0.3 is 10.1 Å². The first-order chi connectivity index (χ1) is 18.0. The number of piperidine rings is 1. The van der Waals surface area contributed by atoms with E-state index in [-0.39, 0.29) is 5.91 Å². The smallest absolute Gasteiger partial charge is 0.224 e. The number of carbonyl (C=O) groups is 1. The molecule has 0 unspecified atom stereocenters. The predicted octanol–water partition coefficient (Wildman–Crippen LogP) is 5.60. The summed E-state index contributed by atoms with van der Waals surface area (Å²) in [5.74, 6) is 0.513. The number of nitrogens with one attached hydrogen (secondary N) is 1. The van der Waals surface area contributed by atoms with Gasteiger partial charge in [-0.2, -0.15) is 10.1 Å². The van der Waals surface area contributed by atoms with Crippen LogP contribution in [-0.2, 0) is 17.8 Å². The Hall–Kier alpha value is -3.71. The number of methoxy groups -OCH3 is 1. The summed E-state index contributed by atoms with van der Waals surface area (Å²) in [6.45, 7) is 7.38. The van der Waals surface area contributed by atoms with E-state index in [0.29, 0.717) is 18.7 Å². The number of fused-ring (bicyclic) bond motifs is 1. The number of carbonyl (C=O) groups excluding carboxylic acids is 1. The van der Waals surface area contributed by atoms with E-state index < -0.39 is 0 Å². The minimum absolute atomic E-state index is 0.0259. The number of rotatable bonds is 8. The lowest BCUT2D eigenvalue weighted by atomic mass is 10.0. The largest absolute Gasteiger partial charge is 0.481 e. The number of nitrogens with zero attached hydrogens (tertiary/aromatic N) is 4. The highest BCUT2D eigenvalue weighted by Gasteiger charge is 2.20. The van der Waals surface area contributed by atoms with Crippen LogP contribution >= 0.6 is 0 Å². The van der Waals surface area contributed by atoms with Crippen LogP contribution in [0.15, 0.2) is 54.6 Å². The minimum Gasteiger partial charge on any atom is -0.481 e. The molecule has 1 N–H and O–H groups in total. The first kappa shape index (κ1) is 25.0. The van der Waals surface area contributed by atoms with E-state index in [4.69, 9.17) is 14.8 Å². The van der Waals surface area contributed by atoms with Crippen LogP contribution in [0.2, 0.25) is 0 Å². The Bertz CT molecular complexity index is 1370. The van der Waals surface area contributed by atoms with Crippen LogP contribution in [0, 0.1) is 13.8 Å². The Morgan fingerprint density at radius 2 is 1.73 bits per heavy atom. The predicted molar refractivity (Wildman–Crippen MR) is 147 cm³/mol. The molecule has 0 radical (unpaired) electrons. The number of amides is 1. The molecule has 1 aliphatic rings. The van der Waals surface area contributed by atoms with Crippen molar-refractivity contribution in [3.05, 3.63) is 77.0 Å². The number of para-hydroxylation sites is 1. The van der Waals surface area contributed by atoms with Gasteiger partial charge in [-0.1, -0.05) is 36.8 Å². The van der Waals surface area contributed by atoms with Crippen molar-refractivity contribution in [3.63, 3.8) is 0 Å². The number of benzene rings is 2. The lowest BCUT2D eigenvalue weighted by Gasteiger charge is -2.26. The Labute approximate surface area is 218 Å². The molecule has 3 heterocycles. The molecule has 1 saturated heterocycles. The molecular formula is C30H35N5O2. The van der Waals surface area contributed by atoms with Crippen molar-refractivity contribution in [1.82, 2.24) is 19.7 Å². The van der Waals surface area contributed by atoms with E-state index in [0.717, 1.165) is 45.8 Å². The third-order valence-corrected chi connectivity index (χ3v) is 7.22. The van der Waals surface area contributed by atoms with Crippen molar-refractivity contribution in [2.45, 2.75) is 52.5 Å². The van der Waals surface area contributed by atoms with Gasteiger partial charge in [0.05, 0.1) is 18.5 Å². The zero-order chi connectivity index (χ0) is 25.8. The highest BCUT2D eigenvalue weighted by molar-refractivity contribution is 5.91. The SMILES string of the molecule is COc1nc2c(c(C)nn2-c2ccccc2)c(C)c1CCC(=O)Nc1ccc(CN2CCCCC2)cc1. The summed E-state index contributed by atoms with van der Waals surface area (Å²) >= 11 is 0. The highest BCUT2D eigenvalue weighted by Crippen LogP contribution is 2.32. The van der Waals surface area contributed by atoms with Gasteiger partial charge in [0, 0.05) is 29.6 Å². The summed E-state index contributed by atoms with van der Waals surface area (Å²) in [5.41, 5.74) is 6.71. The van der Waals surface area contributed by atoms with Crippen molar-refractivity contribution < 1.29 is 9.53 Å². The summed E-state index contributed by atoms with van der Waals surface area (Å²) in [7, 11) is 1.62. The van der Waals surface area contributed by atoms with E-state index in [1.165, 1.54) is 37.9 Å². The summed E-state index contributed by atoms with van der Waals surface area (Å²) in [6.07, 6.45) is 4.79. The number of anilines is 1. The van der Waals surface area contributed by atoms with Gasteiger partial charge in [0.1, 0.15) is 0 Å². The summed E-state index contributed by atoms with van der Waals surface area (Å²) in [5, 5.41) is 8.80. The highest BCUT2D eigenvalue weighted by atomic mass is 16.5. The fraction of sp³-hybridized carbons (Fsp3) is 0.367. The van der Waals surface area contributed by atoms with Crippen molar-refractivity contribution >= 4 is 22.6 Å². The summed E-state index contributed by atoms with van der Waals surface area (Å²) in [6, 6.07) is 18.2. The Balaban J connectivity index is 1.28. The van der Waals surface area contributed by atoms with E-state index in [9.17, 15) is 4.79 Å². The third kappa shape index (κ3) is 5.52. The fourth-order valence-corrected chi connectivity index (χ4v) is 5.28. The second kappa shape index (κ2) is 11.1. The van der Waals surface area contributed by atoms with Crippen molar-refractivity contribution in [1.29, 1.82) is 0 Å². The normalized spacial score (nSPS) is 14.1. The van der Waals surface area contributed by atoms with Gasteiger partial charge in [-0.15, -0.1) is 0 Å². The van der Waals surface area contributed by atoms with Crippen molar-refractivity contribution in [3.8, 4) is 11.6 Å². The zero-order valence-corrected chi connectivity index (χ0v) is 22.0. The van der Waals surface area contributed by atoms with E-state index >= 15 is 0 Å². The number of pyridine rings is 1. The Kier molecular flexibility index (Phi) is 7.51. The maximum atomic E-state index is 12.8. The van der Waals surface area contributed by atoms with Crippen molar-refractivity contribution in [2.24, 2.45) is 0 Å². The molecule has 2 aromatic heterocycles. The Morgan fingerprint density at radius 1 is 1.00 bits per heavy atom. The molecular weight excluding hydrogens is 462 g/mol. The molecule has 5 rings (SSSR count). The lowest BCUT2D eigenvalue weighted by molar-refractivity contribution is -0.116. The van der Waals surface area contributed by atoms with Gasteiger partial charge in [-0.25, -0.2) is 4.68 Å². The molecule has 192 valence electrons. The molecule has 2 aromatic carbocycles. The zero-order valence-electron chi connectivity index (χ0n) is 22.0. The molecule has 7 nitrogen and oxygen atoms in total. The number of aryl methyl sites for hydroxylation is 2. The maximum Gasteiger partial charge on any atom is 0.224 e. The van der Waals surface area contributed by atoms with Crippen LogP contribution in [0.3, 0.4) is 0 Å². The van der Waals surface area contributed by atoms with E-state index in [1.54, 1.807) is 7.11 Å². The van der Waals surface area contributed by atoms with Crippen LogP contribution in [0.4, 0.5) is 5.69 Å². The quantitative estimate of drug-likeness (QED) is 0.343. The first-order valence-corrected chi connectivity index (χ1v) is 13.1. The van der Waals surface area contributed by atoms with Gasteiger partial charge in [0.2, 0.25) is 11.8 Å². The minimum atomic E-state index is -0.0259. The van der Waals surface area contributed by atoms with Gasteiger partial charge >= 0.3 is 0 Å². The summed E-state index contributed by atoms with van der Waals surface area (Å²) < 4.78 is 7.53. The average molecular weight is 498 g/mol. The van der Waals surface area contributed by atoms with Crippen LogP contribution in [0.1, 0.15) is 48.1 Å². The van der Waals surface area contributed by atoms with E-state index in [1.807, 2.05) is 54.1 Å². The molecule has 0 spiro atoms. The fourth-order valence-electron chi connectivity index (χ4n) is 5.28. The summed E-state index contributed by atoms with van der Waals surface area (Å²) in [4.78, 5) is 20.1. The topological polar surface area (TPSA) is 72.3 Å². The van der Waals surface area contributed by atoms with E-state index in [2.05, 4.69) is 29.3 Å². The Morgan fingerprint density at radius 3 is 2.43 bits per heavy atom. The van der Waals surface area contributed by atoms with Crippen LogP contribution in [-0.4, -0.2) is 45.8 Å². The van der Waals surface area contributed by atoms with Crippen LogP contribution in [0.5, 0.6) is 5.88 Å². The molecule has 1 aliphatic heterocycles. The van der Waals surface area contributed by atoms with Crippen LogP contribution < -0.4 is 10.1 Å². The molecule has 1 amide bonds. The second-order valence-corrected chi connectivity index (χ2v) is 9.84. The average Bonchev–Trinajstić information content (AvgIpc) is 3.26. The number of aromatic nitrogens is 3. The maximum absolute atomic E-state index is 12.8. The molecule has 0 aliphatic carbocycles. The second-order valence-electron chi connectivity index (χ2n) is 9.84. The van der Waals surface area contributed by atoms with Crippen LogP contribution in [0.25, 0.3) is 16.7 Å². The number of likely N-dealkylation sites (tertiary alicyclic amines) is 1. The molecule has 37 heavy (non-hydrogen) atoms. The third-order valence-electron chi connectivity index (χ3n) is 7.22. The molecule has 0 bridgehead atoms. The standard InChI is InChI=1S/C30H35N5O2/c1-21-26(30(37-3)32-29-28(21)22(2)33-35(29)25-10-6-4-7-11-25)16-17-27(36)31-24-14-12-23(13-15-24)20-34-18-8-5-9-19-34/h4,6-7,10-15H,5,8-9,16-20H2,1-3H3,(H,31,36). The molecule has 0 atom stereocenters. The number of hydrogen-bond acceptors (Lipinski definition) is 5. The van der Waals surface area contributed by atoms with Gasteiger partial charge in [-0.05, 0) is 81.6 Å². The van der Waals surface area contributed by atoms with Gasteiger partial charge in [0.25, 0.3) is 0 Å². The van der Waals surface area contributed by atoms with Gasteiger partial charge in [-0.3, -0.25) is 9.69 Å². The monoisotopic (exact) mass is 497 g/mol. The number of hydrogen-bond donors (Lipinski definition) is 1. The first-order valence-electron chi connectivity index (χ1n) is 13.1. The molecule has 1 fully saturated rings. The molecule has 4 aromatic rings. The van der Waals surface area contributed by atoms with Gasteiger partial charge in [0.15, 0.2) is 5.65 Å². The lowest BCUT2D eigenvalue weighted by Crippen LogP contribution is -2.29.